The zero-order valence-corrected chi connectivity index (χ0v) is 10.9. The molecule has 1 aliphatic carbocycles. The van der Waals surface area contributed by atoms with E-state index < -0.39 is 0 Å². The number of aliphatic hydroxyl groups excluding tert-OH is 1. The van der Waals surface area contributed by atoms with E-state index >= 15 is 0 Å². The van der Waals surface area contributed by atoms with Crippen LogP contribution < -0.4 is 0 Å². The van der Waals surface area contributed by atoms with Gasteiger partial charge in [-0.3, -0.25) is 0 Å². The number of nitrogens with zero attached hydrogens (tertiary/aromatic N) is 1. The van der Waals surface area contributed by atoms with E-state index in [0.717, 1.165) is 24.6 Å². The monoisotopic (exact) mass is 233 g/mol. The predicted octanol–water partition coefficient (Wildman–Crippen LogP) is 2.76. The highest BCUT2D eigenvalue weighted by Gasteiger charge is 2.20. The van der Waals surface area contributed by atoms with Crippen molar-refractivity contribution in [3.05, 3.63) is 35.4 Å². The second-order valence-corrected chi connectivity index (χ2v) is 5.44. The van der Waals surface area contributed by atoms with Crippen LogP contribution in [0.3, 0.4) is 0 Å². The van der Waals surface area contributed by atoms with Crippen LogP contribution in [0.15, 0.2) is 24.3 Å². The molecule has 2 nitrogen and oxygen atoms in total. The standard InChI is InChI=1S/C15H23NO/c1-12-6-8-14(9-7-12)15(17)11-16(2)10-13-4-3-5-13/h6-9,13,15,17H,3-5,10-11H2,1-2H3. The molecule has 17 heavy (non-hydrogen) atoms. The lowest BCUT2D eigenvalue weighted by Gasteiger charge is -2.31. The van der Waals surface area contributed by atoms with Gasteiger partial charge in [-0.1, -0.05) is 36.2 Å². The number of benzene rings is 1. The number of hydrogen-bond acceptors (Lipinski definition) is 2. The largest absolute Gasteiger partial charge is 0.387 e. The summed E-state index contributed by atoms with van der Waals surface area (Å²) < 4.78 is 0. The Hall–Kier alpha value is -0.860. The van der Waals surface area contributed by atoms with Crippen molar-refractivity contribution in [2.24, 2.45) is 5.92 Å². The molecule has 0 radical (unpaired) electrons. The van der Waals surface area contributed by atoms with E-state index in [1.807, 2.05) is 12.1 Å². The summed E-state index contributed by atoms with van der Waals surface area (Å²) in [6, 6.07) is 8.17. The smallest absolute Gasteiger partial charge is 0.0916 e. The van der Waals surface area contributed by atoms with Gasteiger partial charge in [-0.25, -0.2) is 0 Å². The molecule has 2 heteroatoms. The molecule has 1 N–H and O–H groups in total. The van der Waals surface area contributed by atoms with E-state index in [1.165, 1.54) is 24.8 Å². The van der Waals surface area contributed by atoms with Crippen LogP contribution in [0.25, 0.3) is 0 Å². The summed E-state index contributed by atoms with van der Waals surface area (Å²) in [7, 11) is 2.11. The molecular formula is C15H23NO. The first-order valence-corrected chi connectivity index (χ1v) is 6.58. The molecule has 1 atom stereocenters. The summed E-state index contributed by atoms with van der Waals surface area (Å²) in [4.78, 5) is 2.26. The predicted molar refractivity (Wildman–Crippen MR) is 71.0 cm³/mol. The number of rotatable bonds is 5. The fourth-order valence-corrected chi connectivity index (χ4v) is 2.38. The van der Waals surface area contributed by atoms with Crippen LogP contribution in [-0.4, -0.2) is 30.1 Å². The van der Waals surface area contributed by atoms with Gasteiger partial charge in [-0.2, -0.15) is 0 Å². The molecule has 2 rings (SSSR count). The van der Waals surface area contributed by atoms with Gasteiger partial charge in [0.25, 0.3) is 0 Å². The molecule has 0 saturated heterocycles. The first-order valence-electron chi connectivity index (χ1n) is 6.58. The van der Waals surface area contributed by atoms with E-state index in [9.17, 15) is 5.11 Å². The van der Waals surface area contributed by atoms with Crippen molar-refractivity contribution in [2.45, 2.75) is 32.3 Å². The SMILES string of the molecule is Cc1ccc(C(O)CN(C)CC2CCC2)cc1. The molecule has 94 valence electrons. The summed E-state index contributed by atoms with van der Waals surface area (Å²) >= 11 is 0. The van der Waals surface area contributed by atoms with Crippen LogP contribution in [0, 0.1) is 12.8 Å². The number of likely N-dealkylation sites (N-methyl/N-ethyl adjacent to an activating group) is 1. The summed E-state index contributed by atoms with van der Waals surface area (Å²) in [5.74, 6) is 0.866. The maximum atomic E-state index is 10.1. The third kappa shape index (κ3) is 3.55. The van der Waals surface area contributed by atoms with E-state index in [4.69, 9.17) is 0 Å². The van der Waals surface area contributed by atoms with Crippen molar-refractivity contribution in [2.75, 3.05) is 20.1 Å². The second-order valence-electron chi connectivity index (χ2n) is 5.44. The highest BCUT2D eigenvalue weighted by Crippen LogP contribution is 2.27. The normalized spacial score (nSPS) is 18.1. The maximum Gasteiger partial charge on any atom is 0.0916 e. The van der Waals surface area contributed by atoms with Gasteiger partial charge in [0.1, 0.15) is 0 Å². The van der Waals surface area contributed by atoms with Gasteiger partial charge in [-0.15, -0.1) is 0 Å². The number of aryl methyl sites for hydroxylation is 1. The zero-order valence-electron chi connectivity index (χ0n) is 10.9. The average molecular weight is 233 g/mol. The van der Waals surface area contributed by atoms with Crippen molar-refractivity contribution in [1.29, 1.82) is 0 Å². The Morgan fingerprint density at radius 1 is 1.29 bits per heavy atom. The molecule has 1 unspecified atom stereocenters. The van der Waals surface area contributed by atoms with Crippen LogP contribution in [0.4, 0.5) is 0 Å². The molecular weight excluding hydrogens is 210 g/mol. The highest BCUT2D eigenvalue weighted by molar-refractivity contribution is 5.23. The molecule has 0 bridgehead atoms. The van der Waals surface area contributed by atoms with Crippen LogP contribution in [0.5, 0.6) is 0 Å². The molecule has 0 spiro atoms. The van der Waals surface area contributed by atoms with E-state index in [2.05, 4.69) is 31.0 Å². The van der Waals surface area contributed by atoms with Crippen molar-refractivity contribution in [1.82, 2.24) is 4.90 Å². The fourth-order valence-electron chi connectivity index (χ4n) is 2.38. The molecule has 1 aromatic rings. The molecule has 0 aliphatic heterocycles. The lowest BCUT2D eigenvalue weighted by Crippen LogP contribution is -2.32. The van der Waals surface area contributed by atoms with E-state index in [-0.39, 0.29) is 6.10 Å². The molecule has 1 aromatic carbocycles. The van der Waals surface area contributed by atoms with Crippen molar-refractivity contribution in [3.63, 3.8) is 0 Å². The van der Waals surface area contributed by atoms with Gasteiger partial charge in [-0.05, 0) is 38.3 Å². The van der Waals surface area contributed by atoms with Gasteiger partial charge in [0.05, 0.1) is 6.10 Å². The Balaban J connectivity index is 1.82. The van der Waals surface area contributed by atoms with Gasteiger partial charge < -0.3 is 10.0 Å². The molecule has 0 heterocycles. The van der Waals surface area contributed by atoms with Crippen LogP contribution >= 0.6 is 0 Å². The molecule has 1 fully saturated rings. The van der Waals surface area contributed by atoms with Crippen molar-refractivity contribution < 1.29 is 5.11 Å². The Bertz CT molecular complexity index is 342. The topological polar surface area (TPSA) is 23.5 Å². The maximum absolute atomic E-state index is 10.1. The lowest BCUT2D eigenvalue weighted by atomic mass is 9.85. The first-order chi connectivity index (χ1) is 8.15. The van der Waals surface area contributed by atoms with Crippen LogP contribution in [0.2, 0.25) is 0 Å². The van der Waals surface area contributed by atoms with E-state index in [1.54, 1.807) is 0 Å². The summed E-state index contributed by atoms with van der Waals surface area (Å²) in [5, 5.41) is 10.1. The second kappa shape index (κ2) is 5.65. The first kappa shape index (κ1) is 12.6. The fraction of sp³-hybridized carbons (Fsp3) is 0.600. The number of hydrogen-bond donors (Lipinski definition) is 1. The molecule has 0 amide bonds. The zero-order chi connectivity index (χ0) is 12.3. The molecule has 1 aliphatic rings. The van der Waals surface area contributed by atoms with Gasteiger partial charge in [0.15, 0.2) is 0 Å². The minimum absolute atomic E-state index is 0.360. The summed E-state index contributed by atoms with van der Waals surface area (Å²) in [6.07, 6.45) is 3.76. The third-order valence-corrected chi connectivity index (χ3v) is 3.74. The third-order valence-electron chi connectivity index (χ3n) is 3.74. The lowest BCUT2D eigenvalue weighted by molar-refractivity contribution is 0.107. The Morgan fingerprint density at radius 2 is 1.94 bits per heavy atom. The Labute approximate surface area is 104 Å². The highest BCUT2D eigenvalue weighted by atomic mass is 16.3. The Kier molecular flexibility index (Phi) is 4.19. The van der Waals surface area contributed by atoms with Gasteiger partial charge in [0.2, 0.25) is 0 Å². The average Bonchev–Trinajstić information content (AvgIpc) is 2.24. The van der Waals surface area contributed by atoms with Gasteiger partial charge in [0, 0.05) is 13.1 Å². The van der Waals surface area contributed by atoms with Crippen molar-refractivity contribution in [3.8, 4) is 0 Å². The minimum Gasteiger partial charge on any atom is -0.387 e. The molecule has 1 saturated carbocycles. The minimum atomic E-state index is -0.360. The molecule has 0 aromatic heterocycles. The van der Waals surface area contributed by atoms with Crippen LogP contribution in [0.1, 0.15) is 36.5 Å². The Morgan fingerprint density at radius 3 is 2.47 bits per heavy atom. The van der Waals surface area contributed by atoms with Gasteiger partial charge >= 0.3 is 0 Å². The van der Waals surface area contributed by atoms with Crippen molar-refractivity contribution >= 4 is 0 Å². The number of aliphatic hydroxyl groups is 1. The van der Waals surface area contributed by atoms with Crippen LogP contribution in [-0.2, 0) is 0 Å². The summed E-state index contributed by atoms with van der Waals surface area (Å²) in [6.45, 7) is 3.93. The van der Waals surface area contributed by atoms with E-state index in [0.29, 0.717) is 0 Å². The quantitative estimate of drug-likeness (QED) is 0.845. The summed E-state index contributed by atoms with van der Waals surface area (Å²) in [5.41, 5.74) is 2.26.